The van der Waals surface area contributed by atoms with Crippen LogP contribution in [0.4, 0.5) is 0 Å². The maximum absolute atomic E-state index is 12.0. The van der Waals surface area contributed by atoms with Crippen LogP contribution in [0, 0.1) is 0 Å². The van der Waals surface area contributed by atoms with Crippen molar-refractivity contribution < 1.29 is 23.8 Å². The van der Waals surface area contributed by atoms with E-state index in [-0.39, 0.29) is 12.5 Å². The van der Waals surface area contributed by atoms with E-state index < -0.39 is 5.97 Å². The Morgan fingerprint density at radius 2 is 1.56 bits per heavy atom. The van der Waals surface area contributed by atoms with Gasteiger partial charge in [-0.2, -0.15) is 0 Å². The number of ether oxygens (including phenoxy) is 3. The molecule has 6 heteroatoms. The molecule has 1 aliphatic heterocycles. The summed E-state index contributed by atoms with van der Waals surface area (Å²) in [6, 6.07) is 16.0. The van der Waals surface area contributed by atoms with Gasteiger partial charge in [0.05, 0.1) is 18.8 Å². The standard InChI is InChI=1S/C19H19NO5/c21-18(20-10-12-23-13-11-20)14-24-19(22)15-6-8-17(9-7-15)25-16-4-2-1-3-5-16/h1-9H,10-14H2. The van der Waals surface area contributed by atoms with Crippen LogP contribution in [0.2, 0.25) is 0 Å². The molecule has 1 aliphatic rings. The second kappa shape index (κ2) is 8.30. The summed E-state index contributed by atoms with van der Waals surface area (Å²) in [7, 11) is 0. The molecular formula is C19H19NO5. The highest BCUT2D eigenvalue weighted by atomic mass is 16.5. The fourth-order valence-electron chi connectivity index (χ4n) is 2.40. The van der Waals surface area contributed by atoms with Crippen LogP contribution in [-0.2, 0) is 14.3 Å². The second-order valence-corrected chi connectivity index (χ2v) is 5.51. The molecule has 0 N–H and O–H groups in total. The van der Waals surface area contributed by atoms with Crippen LogP contribution in [0.3, 0.4) is 0 Å². The van der Waals surface area contributed by atoms with Gasteiger partial charge in [0.15, 0.2) is 6.61 Å². The van der Waals surface area contributed by atoms with Gasteiger partial charge in [0.25, 0.3) is 5.91 Å². The molecule has 0 saturated carbocycles. The first-order chi connectivity index (χ1) is 12.2. The maximum atomic E-state index is 12.0. The number of rotatable bonds is 5. The van der Waals surface area contributed by atoms with Gasteiger partial charge >= 0.3 is 5.97 Å². The molecule has 0 atom stereocenters. The zero-order valence-electron chi connectivity index (χ0n) is 13.7. The van der Waals surface area contributed by atoms with Gasteiger partial charge < -0.3 is 19.1 Å². The zero-order chi connectivity index (χ0) is 17.5. The summed E-state index contributed by atoms with van der Waals surface area (Å²) in [5.41, 5.74) is 0.371. The summed E-state index contributed by atoms with van der Waals surface area (Å²) < 4.78 is 15.9. The lowest BCUT2D eigenvalue weighted by molar-refractivity contribution is -0.138. The lowest BCUT2D eigenvalue weighted by atomic mass is 10.2. The average Bonchev–Trinajstić information content (AvgIpc) is 2.68. The monoisotopic (exact) mass is 341 g/mol. The Morgan fingerprint density at radius 3 is 2.24 bits per heavy atom. The van der Waals surface area contributed by atoms with E-state index >= 15 is 0 Å². The number of hydrogen-bond donors (Lipinski definition) is 0. The summed E-state index contributed by atoms with van der Waals surface area (Å²) >= 11 is 0. The minimum Gasteiger partial charge on any atom is -0.457 e. The number of carbonyl (C=O) groups is 2. The maximum Gasteiger partial charge on any atom is 0.338 e. The number of para-hydroxylation sites is 1. The lowest BCUT2D eigenvalue weighted by Gasteiger charge is -2.26. The predicted molar refractivity (Wildman–Crippen MR) is 90.6 cm³/mol. The van der Waals surface area contributed by atoms with Crippen LogP contribution in [-0.4, -0.2) is 49.7 Å². The third-order valence-electron chi connectivity index (χ3n) is 3.76. The number of carbonyl (C=O) groups excluding carboxylic acids is 2. The van der Waals surface area contributed by atoms with Gasteiger partial charge in [-0.3, -0.25) is 4.79 Å². The molecule has 0 spiro atoms. The molecular weight excluding hydrogens is 322 g/mol. The molecule has 1 fully saturated rings. The first-order valence-electron chi connectivity index (χ1n) is 8.08. The van der Waals surface area contributed by atoms with E-state index in [1.807, 2.05) is 30.3 Å². The van der Waals surface area contributed by atoms with Gasteiger partial charge in [-0.25, -0.2) is 4.79 Å². The molecule has 3 rings (SSSR count). The number of nitrogens with zero attached hydrogens (tertiary/aromatic N) is 1. The van der Waals surface area contributed by atoms with E-state index in [1.165, 1.54) is 0 Å². The van der Waals surface area contributed by atoms with E-state index in [4.69, 9.17) is 14.2 Å². The Bertz CT molecular complexity index is 708. The van der Waals surface area contributed by atoms with Crippen molar-refractivity contribution in [2.45, 2.75) is 0 Å². The van der Waals surface area contributed by atoms with Gasteiger partial charge in [0, 0.05) is 13.1 Å². The normalized spacial score (nSPS) is 14.0. The average molecular weight is 341 g/mol. The SMILES string of the molecule is O=C(OCC(=O)N1CCOCC1)c1ccc(Oc2ccccc2)cc1. The van der Waals surface area contributed by atoms with Gasteiger partial charge in [0.2, 0.25) is 0 Å². The van der Waals surface area contributed by atoms with Crippen molar-refractivity contribution in [3.63, 3.8) is 0 Å². The number of esters is 1. The largest absolute Gasteiger partial charge is 0.457 e. The smallest absolute Gasteiger partial charge is 0.338 e. The molecule has 6 nitrogen and oxygen atoms in total. The molecule has 130 valence electrons. The van der Waals surface area contributed by atoms with Crippen molar-refractivity contribution in [1.29, 1.82) is 0 Å². The first-order valence-corrected chi connectivity index (χ1v) is 8.08. The van der Waals surface area contributed by atoms with Crippen LogP contribution in [0.5, 0.6) is 11.5 Å². The van der Waals surface area contributed by atoms with Gasteiger partial charge in [-0.1, -0.05) is 18.2 Å². The first kappa shape index (κ1) is 17.0. The number of morpholine rings is 1. The van der Waals surface area contributed by atoms with Crippen molar-refractivity contribution in [3.05, 3.63) is 60.2 Å². The third kappa shape index (κ3) is 4.81. The number of amides is 1. The van der Waals surface area contributed by atoms with Crippen LogP contribution >= 0.6 is 0 Å². The molecule has 2 aromatic rings. The Balaban J connectivity index is 1.51. The van der Waals surface area contributed by atoms with Crippen molar-refractivity contribution in [2.24, 2.45) is 0 Å². The van der Waals surface area contributed by atoms with E-state index in [0.29, 0.717) is 43.4 Å². The molecule has 1 saturated heterocycles. The Morgan fingerprint density at radius 1 is 0.920 bits per heavy atom. The molecule has 0 aliphatic carbocycles. The van der Waals surface area contributed by atoms with Crippen LogP contribution < -0.4 is 4.74 Å². The summed E-state index contributed by atoms with van der Waals surface area (Å²) in [6.07, 6.45) is 0. The summed E-state index contributed by atoms with van der Waals surface area (Å²) in [4.78, 5) is 25.6. The van der Waals surface area contributed by atoms with Crippen molar-refractivity contribution in [3.8, 4) is 11.5 Å². The number of hydrogen-bond acceptors (Lipinski definition) is 5. The molecule has 1 heterocycles. The van der Waals surface area contributed by atoms with E-state index in [9.17, 15) is 9.59 Å². The summed E-state index contributed by atoms with van der Waals surface area (Å²) in [5.74, 6) is 0.592. The Hall–Kier alpha value is -2.86. The molecule has 2 aromatic carbocycles. The zero-order valence-corrected chi connectivity index (χ0v) is 13.7. The highest BCUT2D eigenvalue weighted by Gasteiger charge is 2.18. The Kier molecular flexibility index (Phi) is 5.64. The topological polar surface area (TPSA) is 65.1 Å². The minimum atomic E-state index is -0.534. The summed E-state index contributed by atoms with van der Waals surface area (Å²) in [6.45, 7) is 1.83. The molecule has 1 amide bonds. The van der Waals surface area contributed by atoms with Gasteiger partial charge in [0.1, 0.15) is 11.5 Å². The molecule has 0 unspecified atom stereocenters. The molecule has 25 heavy (non-hydrogen) atoms. The van der Waals surface area contributed by atoms with Gasteiger partial charge in [-0.15, -0.1) is 0 Å². The highest BCUT2D eigenvalue weighted by Crippen LogP contribution is 2.21. The fraction of sp³-hybridized carbons (Fsp3) is 0.263. The van der Waals surface area contributed by atoms with Crippen LogP contribution in [0.1, 0.15) is 10.4 Å². The van der Waals surface area contributed by atoms with E-state index in [2.05, 4.69) is 0 Å². The van der Waals surface area contributed by atoms with E-state index in [0.717, 1.165) is 0 Å². The quantitative estimate of drug-likeness (QED) is 0.782. The van der Waals surface area contributed by atoms with Gasteiger partial charge in [-0.05, 0) is 36.4 Å². The fourth-order valence-corrected chi connectivity index (χ4v) is 2.40. The number of benzene rings is 2. The van der Waals surface area contributed by atoms with Crippen LogP contribution in [0.25, 0.3) is 0 Å². The third-order valence-corrected chi connectivity index (χ3v) is 3.76. The molecule has 0 aromatic heterocycles. The Labute approximate surface area is 145 Å². The molecule has 0 radical (unpaired) electrons. The molecule has 0 bridgehead atoms. The van der Waals surface area contributed by atoms with E-state index in [1.54, 1.807) is 29.2 Å². The predicted octanol–water partition coefficient (Wildman–Crippen LogP) is 2.49. The lowest BCUT2D eigenvalue weighted by Crippen LogP contribution is -2.42. The van der Waals surface area contributed by atoms with Crippen LogP contribution in [0.15, 0.2) is 54.6 Å². The second-order valence-electron chi connectivity index (χ2n) is 5.51. The highest BCUT2D eigenvalue weighted by molar-refractivity contribution is 5.91. The van der Waals surface area contributed by atoms with Crippen molar-refractivity contribution in [1.82, 2.24) is 4.90 Å². The van der Waals surface area contributed by atoms with Crippen molar-refractivity contribution >= 4 is 11.9 Å². The summed E-state index contributed by atoms with van der Waals surface area (Å²) in [5, 5.41) is 0. The van der Waals surface area contributed by atoms with Crippen molar-refractivity contribution in [2.75, 3.05) is 32.9 Å². The minimum absolute atomic E-state index is 0.208.